The molecule has 0 amide bonds. The lowest BCUT2D eigenvalue weighted by Gasteiger charge is -2.33. The highest BCUT2D eigenvalue weighted by Crippen LogP contribution is 2.24. The number of aromatic nitrogens is 1. The second-order valence-electron chi connectivity index (χ2n) is 6.19. The first-order valence-corrected chi connectivity index (χ1v) is 10.6. The van der Waals surface area contributed by atoms with Crippen LogP contribution in [0.15, 0.2) is 53.4 Å². The van der Waals surface area contributed by atoms with Gasteiger partial charge >= 0.3 is 0 Å². The van der Waals surface area contributed by atoms with E-state index >= 15 is 0 Å². The van der Waals surface area contributed by atoms with Crippen molar-refractivity contribution in [2.45, 2.75) is 11.4 Å². The van der Waals surface area contributed by atoms with E-state index in [2.05, 4.69) is 16.0 Å². The number of halogens is 1. The van der Waals surface area contributed by atoms with Crippen LogP contribution in [-0.4, -0.2) is 48.8 Å². The molecule has 4 rings (SSSR count). The molecule has 0 bridgehead atoms. The smallest absolute Gasteiger partial charge is 0.246 e. The monoisotopic (exact) mass is 391 g/mol. The SMILES string of the molecule is O=S(=O)(c1ccccc1F)N1CCN(Cc2nc3ccccc3s2)CC1. The van der Waals surface area contributed by atoms with Crippen LogP contribution in [0.3, 0.4) is 0 Å². The van der Waals surface area contributed by atoms with Gasteiger partial charge < -0.3 is 0 Å². The minimum Gasteiger partial charge on any atom is -0.294 e. The maximum Gasteiger partial charge on any atom is 0.246 e. The number of hydrogen-bond acceptors (Lipinski definition) is 5. The van der Waals surface area contributed by atoms with Crippen molar-refractivity contribution in [2.75, 3.05) is 26.2 Å². The van der Waals surface area contributed by atoms with Crippen molar-refractivity contribution in [1.29, 1.82) is 0 Å². The largest absolute Gasteiger partial charge is 0.294 e. The van der Waals surface area contributed by atoms with Gasteiger partial charge in [-0.1, -0.05) is 24.3 Å². The van der Waals surface area contributed by atoms with Crippen LogP contribution in [-0.2, 0) is 16.6 Å². The first-order valence-electron chi connectivity index (χ1n) is 8.35. The summed E-state index contributed by atoms with van der Waals surface area (Å²) >= 11 is 1.66. The first kappa shape index (κ1) is 17.5. The molecule has 2 heterocycles. The minimum absolute atomic E-state index is 0.250. The lowest BCUT2D eigenvalue weighted by atomic mass is 10.3. The van der Waals surface area contributed by atoms with Gasteiger partial charge in [0.25, 0.3) is 0 Å². The van der Waals surface area contributed by atoms with Gasteiger partial charge in [-0.05, 0) is 24.3 Å². The lowest BCUT2D eigenvalue weighted by molar-refractivity contribution is 0.181. The molecular weight excluding hydrogens is 373 g/mol. The standard InChI is InChI=1S/C18H18FN3O2S2/c19-14-5-1-4-8-17(14)26(23,24)22-11-9-21(10-12-22)13-18-20-15-6-2-3-7-16(15)25-18/h1-8H,9-13H2. The van der Waals surface area contributed by atoms with Gasteiger partial charge in [-0.3, -0.25) is 4.90 Å². The summed E-state index contributed by atoms with van der Waals surface area (Å²) in [5.41, 5.74) is 0.994. The predicted molar refractivity (Wildman–Crippen MR) is 100 cm³/mol. The highest BCUT2D eigenvalue weighted by Gasteiger charge is 2.30. The molecule has 3 aromatic rings. The van der Waals surface area contributed by atoms with Crippen molar-refractivity contribution in [1.82, 2.24) is 14.2 Å². The average Bonchev–Trinajstić information content (AvgIpc) is 3.04. The molecule has 136 valence electrons. The van der Waals surface area contributed by atoms with Crippen LogP contribution >= 0.6 is 11.3 Å². The molecule has 0 saturated carbocycles. The molecule has 0 spiro atoms. The molecule has 1 aliphatic heterocycles. The van der Waals surface area contributed by atoms with Gasteiger partial charge in [0.15, 0.2) is 0 Å². The van der Waals surface area contributed by atoms with E-state index in [1.165, 1.54) is 22.5 Å². The summed E-state index contributed by atoms with van der Waals surface area (Å²) in [6.07, 6.45) is 0. The Bertz CT molecular complexity index is 995. The highest BCUT2D eigenvalue weighted by molar-refractivity contribution is 7.89. The van der Waals surface area contributed by atoms with Gasteiger partial charge in [0.05, 0.1) is 16.8 Å². The summed E-state index contributed by atoms with van der Waals surface area (Å²) < 4.78 is 41.7. The lowest BCUT2D eigenvalue weighted by Crippen LogP contribution is -2.48. The van der Waals surface area contributed by atoms with Crippen molar-refractivity contribution in [3.05, 3.63) is 59.4 Å². The van der Waals surface area contributed by atoms with Crippen LogP contribution in [0.4, 0.5) is 4.39 Å². The summed E-state index contributed by atoms with van der Waals surface area (Å²) in [5.74, 6) is -0.704. The van der Waals surface area contributed by atoms with Gasteiger partial charge in [-0.2, -0.15) is 4.31 Å². The topological polar surface area (TPSA) is 53.5 Å². The van der Waals surface area contributed by atoms with Crippen LogP contribution in [0.2, 0.25) is 0 Å². The number of fused-ring (bicyclic) bond motifs is 1. The third-order valence-corrected chi connectivity index (χ3v) is 7.44. The molecule has 0 aliphatic carbocycles. The normalized spacial score (nSPS) is 17.0. The molecular formula is C18H18FN3O2S2. The van der Waals surface area contributed by atoms with Gasteiger partial charge in [-0.15, -0.1) is 11.3 Å². The summed E-state index contributed by atoms with van der Waals surface area (Å²) in [4.78, 5) is 6.56. The molecule has 2 aromatic carbocycles. The zero-order valence-corrected chi connectivity index (χ0v) is 15.6. The molecule has 1 aromatic heterocycles. The summed E-state index contributed by atoms with van der Waals surface area (Å²) in [7, 11) is -3.79. The Labute approximate surface area is 155 Å². The van der Waals surface area contributed by atoms with E-state index in [9.17, 15) is 12.8 Å². The van der Waals surface area contributed by atoms with Gasteiger partial charge in [0.2, 0.25) is 10.0 Å². The Balaban J connectivity index is 1.43. The Morgan fingerprint density at radius 2 is 1.69 bits per heavy atom. The van der Waals surface area contributed by atoms with E-state index in [4.69, 9.17) is 0 Å². The molecule has 0 atom stereocenters. The molecule has 8 heteroatoms. The molecule has 1 saturated heterocycles. The number of nitrogens with zero attached hydrogens (tertiary/aromatic N) is 3. The maximum atomic E-state index is 13.9. The number of hydrogen-bond donors (Lipinski definition) is 0. The van der Waals surface area contributed by atoms with Gasteiger partial charge in [0, 0.05) is 26.2 Å². The Morgan fingerprint density at radius 3 is 2.42 bits per heavy atom. The number of para-hydroxylation sites is 1. The molecule has 1 aliphatic rings. The Morgan fingerprint density at radius 1 is 1.00 bits per heavy atom. The predicted octanol–water partition coefficient (Wildman–Crippen LogP) is 2.94. The van der Waals surface area contributed by atoms with Crippen molar-refractivity contribution in [3.63, 3.8) is 0 Å². The van der Waals surface area contributed by atoms with Gasteiger partial charge in [-0.25, -0.2) is 17.8 Å². The highest BCUT2D eigenvalue weighted by atomic mass is 32.2. The summed E-state index contributed by atoms with van der Waals surface area (Å²) in [5, 5.41) is 1.02. The summed E-state index contributed by atoms with van der Waals surface area (Å²) in [6, 6.07) is 13.5. The number of rotatable bonds is 4. The van der Waals surface area contributed by atoms with E-state index in [0.29, 0.717) is 32.7 Å². The Kier molecular flexibility index (Phi) is 4.74. The van der Waals surface area contributed by atoms with Crippen molar-refractivity contribution in [3.8, 4) is 0 Å². The third kappa shape index (κ3) is 3.37. The number of thiazole rings is 1. The number of sulfonamides is 1. The van der Waals surface area contributed by atoms with E-state index in [1.54, 1.807) is 17.4 Å². The van der Waals surface area contributed by atoms with Crippen LogP contribution in [0.5, 0.6) is 0 Å². The first-order chi connectivity index (χ1) is 12.5. The van der Waals surface area contributed by atoms with Crippen molar-refractivity contribution >= 4 is 31.6 Å². The third-order valence-electron chi connectivity index (χ3n) is 4.48. The maximum absolute atomic E-state index is 13.9. The van der Waals surface area contributed by atoms with E-state index in [0.717, 1.165) is 15.2 Å². The van der Waals surface area contributed by atoms with E-state index in [-0.39, 0.29) is 4.90 Å². The zero-order chi connectivity index (χ0) is 18.1. The second kappa shape index (κ2) is 7.03. The van der Waals surface area contributed by atoms with E-state index in [1.807, 2.05) is 18.2 Å². The fourth-order valence-electron chi connectivity index (χ4n) is 3.10. The fourth-order valence-corrected chi connectivity index (χ4v) is 5.60. The van der Waals surface area contributed by atoms with Crippen LogP contribution in [0.1, 0.15) is 5.01 Å². The molecule has 0 N–H and O–H groups in total. The molecule has 1 fully saturated rings. The molecule has 5 nitrogen and oxygen atoms in total. The van der Waals surface area contributed by atoms with Crippen LogP contribution in [0.25, 0.3) is 10.2 Å². The number of piperazine rings is 1. The Hall–Kier alpha value is -1.87. The summed E-state index contributed by atoms with van der Waals surface area (Å²) in [6.45, 7) is 2.60. The van der Waals surface area contributed by atoms with Crippen LogP contribution < -0.4 is 0 Å². The fraction of sp³-hybridized carbons (Fsp3) is 0.278. The average molecular weight is 391 g/mol. The second-order valence-corrected chi connectivity index (χ2v) is 9.21. The number of benzene rings is 2. The molecule has 26 heavy (non-hydrogen) atoms. The van der Waals surface area contributed by atoms with Crippen molar-refractivity contribution in [2.24, 2.45) is 0 Å². The molecule has 0 unspecified atom stereocenters. The molecule has 0 radical (unpaired) electrons. The van der Waals surface area contributed by atoms with Crippen LogP contribution in [0, 0.1) is 5.82 Å². The van der Waals surface area contributed by atoms with Crippen molar-refractivity contribution < 1.29 is 12.8 Å². The quantitative estimate of drug-likeness (QED) is 0.686. The van der Waals surface area contributed by atoms with Gasteiger partial charge in [0.1, 0.15) is 15.7 Å². The zero-order valence-electron chi connectivity index (χ0n) is 14.0. The van der Waals surface area contributed by atoms with E-state index < -0.39 is 15.8 Å². The minimum atomic E-state index is -3.79.